The second-order valence-electron chi connectivity index (χ2n) is 3.26. The SMILES string of the molecule is CCOCc1c[nH]c2cc(N)ccc12. The van der Waals surface area contributed by atoms with Crippen molar-refractivity contribution in [2.45, 2.75) is 13.5 Å². The molecule has 3 nitrogen and oxygen atoms in total. The van der Waals surface area contributed by atoms with E-state index in [1.807, 2.05) is 31.3 Å². The Hall–Kier alpha value is -1.48. The van der Waals surface area contributed by atoms with E-state index in [2.05, 4.69) is 4.98 Å². The number of aromatic amines is 1. The lowest BCUT2D eigenvalue weighted by molar-refractivity contribution is 0.135. The highest BCUT2D eigenvalue weighted by Crippen LogP contribution is 2.21. The zero-order valence-electron chi connectivity index (χ0n) is 8.21. The maximum Gasteiger partial charge on any atom is 0.0737 e. The molecule has 0 amide bonds. The van der Waals surface area contributed by atoms with Gasteiger partial charge in [-0.1, -0.05) is 6.07 Å². The molecular weight excluding hydrogens is 176 g/mol. The van der Waals surface area contributed by atoms with Gasteiger partial charge in [0.25, 0.3) is 0 Å². The van der Waals surface area contributed by atoms with Gasteiger partial charge in [0.05, 0.1) is 6.61 Å². The predicted octanol–water partition coefficient (Wildman–Crippen LogP) is 2.29. The topological polar surface area (TPSA) is 51.0 Å². The molecule has 0 radical (unpaired) electrons. The van der Waals surface area contributed by atoms with Crippen LogP contribution in [0.5, 0.6) is 0 Å². The summed E-state index contributed by atoms with van der Waals surface area (Å²) in [6.45, 7) is 3.38. The molecule has 3 N–H and O–H groups in total. The van der Waals surface area contributed by atoms with Crippen LogP contribution < -0.4 is 5.73 Å². The Morgan fingerprint density at radius 3 is 3.07 bits per heavy atom. The lowest BCUT2D eigenvalue weighted by atomic mass is 10.2. The molecule has 0 spiro atoms. The summed E-state index contributed by atoms with van der Waals surface area (Å²) in [5.41, 5.74) is 8.71. The zero-order valence-corrected chi connectivity index (χ0v) is 8.21. The van der Waals surface area contributed by atoms with Crippen LogP contribution in [0.25, 0.3) is 10.9 Å². The van der Waals surface area contributed by atoms with Crippen molar-refractivity contribution in [3.8, 4) is 0 Å². The summed E-state index contributed by atoms with van der Waals surface area (Å²) in [5, 5.41) is 1.19. The van der Waals surface area contributed by atoms with Crippen molar-refractivity contribution in [1.29, 1.82) is 0 Å². The molecule has 0 bridgehead atoms. The minimum atomic E-state index is 0.653. The molecule has 74 valence electrons. The number of H-pyrrole nitrogens is 1. The Kier molecular flexibility index (Phi) is 2.41. The van der Waals surface area contributed by atoms with Crippen LogP contribution in [0.1, 0.15) is 12.5 Å². The summed E-state index contributed by atoms with van der Waals surface area (Å²) < 4.78 is 5.36. The third kappa shape index (κ3) is 1.59. The van der Waals surface area contributed by atoms with Gasteiger partial charge in [-0.25, -0.2) is 0 Å². The van der Waals surface area contributed by atoms with E-state index in [9.17, 15) is 0 Å². The van der Waals surface area contributed by atoms with Crippen molar-refractivity contribution in [3.63, 3.8) is 0 Å². The van der Waals surface area contributed by atoms with Gasteiger partial charge < -0.3 is 15.5 Å². The second-order valence-corrected chi connectivity index (χ2v) is 3.26. The Bertz CT molecular complexity index is 434. The molecule has 0 aliphatic carbocycles. The maximum absolute atomic E-state index is 5.68. The first-order valence-electron chi connectivity index (χ1n) is 4.74. The first-order chi connectivity index (χ1) is 6.81. The molecule has 14 heavy (non-hydrogen) atoms. The van der Waals surface area contributed by atoms with E-state index in [0.29, 0.717) is 6.61 Å². The van der Waals surface area contributed by atoms with Crippen molar-refractivity contribution < 1.29 is 4.74 Å². The van der Waals surface area contributed by atoms with Gasteiger partial charge in [-0.3, -0.25) is 0 Å². The molecular formula is C11H14N2O. The lowest BCUT2D eigenvalue weighted by Gasteiger charge is -1.99. The summed E-state index contributed by atoms with van der Waals surface area (Å²) >= 11 is 0. The van der Waals surface area contributed by atoms with Gasteiger partial charge >= 0.3 is 0 Å². The fourth-order valence-corrected chi connectivity index (χ4v) is 1.54. The Balaban J connectivity index is 2.37. The number of anilines is 1. The van der Waals surface area contributed by atoms with E-state index in [1.165, 1.54) is 10.9 Å². The molecule has 1 aromatic heterocycles. The van der Waals surface area contributed by atoms with Gasteiger partial charge in [0, 0.05) is 35.0 Å². The second kappa shape index (κ2) is 3.72. The number of benzene rings is 1. The Labute approximate surface area is 82.9 Å². The number of hydrogen-bond acceptors (Lipinski definition) is 2. The highest BCUT2D eigenvalue weighted by molar-refractivity contribution is 5.85. The number of nitrogens with one attached hydrogen (secondary N) is 1. The third-order valence-corrected chi connectivity index (χ3v) is 2.25. The molecule has 2 aromatic rings. The molecule has 1 aromatic carbocycles. The molecule has 0 saturated carbocycles. The number of hydrogen-bond donors (Lipinski definition) is 2. The van der Waals surface area contributed by atoms with Gasteiger partial charge in [-0.15, -0.1) is 0 Å². The normalized spacial score (nSPS) is 10.9. The number of aromatic nitrogens is 1. The van der Waals surface area contributed by atoms with E-state index in [-0.39, 0.29) is 0 Å². The van der Waals surface area contributed by atoms with Crippen molar-refractivity contribution >= 4 is 16.6 Å². The van der Waals surface area contributed by atoms with E-state index >= 15 is 0 Å². The van der Waals surface area contributed by atoms with Crippen LogP contribution in [-0.2, 0) is 11.3 Å². The van der Waals surface area contributed by atoms with Crippen molar-refractivity contribution in [2.75, 3.05) is 12.3 Å². The van der Waals surface area contributed by atoms with Crippen LogP contribution in [0.4, 0.5) is 5.69 Å². The van der Waals surface area contributed by atoms with E-state index in [1.54, 1.807) is 0 Å². The van der Waals surface area contributed by atoms with Gasteiger partial charge in [0.1, 0.15) is 0 Å². The minimum absolute atomic E-state index is 0.653. The molecule has 0 aliphatic heterocycles. The molecule has 0 fully saturated rings. The summed E-state index contributed by atoms with van der Waals surface area (Å²) in [6.07, 6.45) is 1.97. The summed E-state index contributed by atoms with van der Waals surface area (Å²) in [6, 6.07) is 5.87. The summed E-state index contributed by atoms with van der Waals surface area (Å²) in [7, 11) is 0. The highest BCUT2D eigenvalue weighted by atomic mass is 16.5. The number of fused-ring (bicyclic) bond motifs is 1. The van der Waals surface area contributed by atoms with Gasteiger partial charge in [-0.2, -0.15) is 0 Å². The average molecular weight is 190 g/mol. The molecule has 0 unspecified atom stereocenters. The fourth-order valence-electron chi connectivity index (χ4n) is 1.54. The number of nitrogen functional groups attached to an aromatic ring is 1. The molecule has 3 heteroatoms. The minimum Gasteiger partial charge on any atom is -0.399 e. The number of ether oxygens (including phenoxy) is 1. The van der Waals surface area contributed by atoms with E-state index < -0.39 is 0 Å². The summed E-state index contributed by atoms with van der Waals surface area (Å²) in [4.78, 5) is 3.18. The third-order valence-electron chi connectivity index (χ3n) is 2.25. The maximum atomic E-state index is 5.68. The smallest absolute Gasteiger partial charge is 0.0737 e. The Morgan fingerprint density at radius 1 is 1.43 bits per heavy atom. The largest absolute Gasteiger partial charge is 0.399 e. The lowest BCUT2D eigenvalue weighted by Crippen LogP contribution is -1.90. The standard InChI is InChI=1S/C11H14N2O/c1-2-14-7-8-6-13-11-5-9(12)3-4-10(8)11/h3-6,13H,2,7,12H2,1H3. The van der Waals surface area contributed by atoms with Gasteiger partial charge in [-0.05, 0) is 19.1 Å². The first kappa shape index (κ1) is 9.09. The average Bonchev–Trinajstić information content (AvgIpc) is 2.57. The molecule has 0 aliphatic rings. The molecule has 0 saturated heterocycles. The quantitative estimate of drug-likeness (QED) is 0.729. The van der Waals surface area contributed by atoms with Crippen LogP contribution in [-0.4, -0.2) is 11.6 Å². The highest BCUT2D eigenvalue weighted by Gasteiger charge is 2.02. The van der Waals surface area contributed by atoms with E-state index in [0.717, 1.165) is 17.8 Å². The number of rotatable bonds is 3. The monoisotopic (exact) mass is 190 g/mol. The van der Waals surface area contributed by atoms with Crippen LogP contribution in [0.15, 0.2) is 24.4 Å². The molecule has 0 atom stereocenters. The van der Waals surface area contributed by atoms with Crippen LogP contribution in [0.3, 0.4) is 0 Å². The van der Waals surface area contributed by atoms with Crippen molar-refractivity contribution in [3.05, 3.63) is 30.0 Å². The first-order valence-corrected chi connectivity index (χ1v) is 4.74. The molecule has 2 rings (SSSR count). The van der Waals surface area contributed by atoms with Gasteiger partial charge in [0.2, 0.25) is 0 Å². The molecule has 1 heterocycles. The van der Waals surface area contributed by atoms with Crippen molar-refractivity contribution in [1.82, 2.24) is 4.98 Å². The number of nitrogens with two attached hydrogens (primary N) is 1. The van der Waals surface area contributed by atoms with Gasteiger partial charge in [0.15, 0.2) is 0 Å². The van der Waals surface area contributed by atoms with Crippen LogP contribution in [0.2, 0.25) is 0 Å². The zero-order chi connectivity index (χ0) is 9.97. The van der Waals surface area contributed by atoms with Crippen molar-refractivity contribution in [2.24, 2.45) is 0 Å². The van der Waals surface area contributed by atoms with Crippen LogP contribution >= 0.6 is 0 Å². The van der Waals surface area contributed by atoms with E-state index in [4.69, 9.17) is 10.5 Å². The summed E-state index contributed by atoms with van der Waals surface area (Å²) in [5.74, 6) is 0. The van der Waals surface area contributed by atoms with Crippen LogP contribution in [0, 0.1) is 0 Å². The predicted molar refractivity (Wildman–Crippen MR) is 58.0 cm³/mol. The fraction of sp³-hybridized carbons (Fsp3) is 0.273. The Morgan fingerprint density at radius 2 is 2.29 bits per heavy atom.